The van der Waals surface area contributed by atoms with Gasteiger partial charge in [0.05, 0.1) is 0 Å². The van der Waals surface area contributed by atoms with Crippen molar-refractivity contribution in [3.05, 3.63) is 46.6 Å². The van der Waals surface area contributed by atoms with E-state index in [9.17, 15) is 0 Å². The van der Waals surface area contributed by atoms with E-state index in [1.807, 2.05) is 25.1 Å². The maximum absolute atomic E-state index is 5.91. The Bertz CT molecular complexity index is 636. The minimum absolute atomic E-state index is 0.777. The van der Waals surface area contributed by atoms with Crippen molar-refractivity contribution in [1.29, 1.82) is 0 Å². The number of halogens is 1. The predicted molar refractivity (Wildman–Crippen MR) is 96.5 cm³/mol. The minimum atomic E-state index is 0.777. The van der Waals surface area contributed by atoms with E-state index in [0.717, 1.165) is 48.5 Å². The van der Waals surface area contributed by atoms with Crippen LogP contribution in [0.5, 0.6) is 0 Å². The molecule has 0 aliphatic carbocycles. The van der Waals surface area contributed by atoms with Gasteiger partial charge in [0.15, 0.2) is 0 Å². The molecular weight excluding hydrogens is 308 g/mol. The number of piperidine rings is 1. The second-order valence-corrected chi connectivity index (χ2v) is 6.48. The molecule has 0 amide bonds. The summed E-state index contributed by atoms with van der Waals surface area (Å²) in [5.74, 6) is 1.77. The molecule has 1 aliphatic heterocycles. The number of anilines is 2. The summed E-state index contributed by atoms with van der Waals surface area (Å²) in [6.07, 6.45) is 4.72. The molecule has 1 fully saturated rings. The zero-order chi connectivity index (χ0) is 16.1. The van der Waals surface area contributed by atoms with E-state index in [1.165, 1.54) is 24.8 Å². The van der Waals surface area contributed by atoms with Gasteiger partial charge in [-0.1, -0.05) is 23.7 Å². The van der Waals surface area contributed by atoms with Crippen LogP contribution in [0.25, 0.3) is 0 Å². The van der Waals surface area contributed by atoms with Crippen LogP contribution in [0.3, 0.4) is 0 Å². The average molecular weight is 331 g/mol. The van der Waals surface area contributed by atoms with Crippen LogP contribution in [0.2, 0.25) is 5.02 Å². The minimum Gasteiger partial charge on any atom is -0.370 e. The van der Waals surface area contributed by atoms with Crippen LogP contribution >= 0.6 is 11.6 Å². The fraction of sp³-hybridized carbons (Fsp3) is 0.444. The fourth-order valence-electron chi connectivity index (χ4n) is 2.86. The number of nitrogens with zero attached hydrogens (tertiary/aromatic N) is 3. The Kier molecular flexibility index (Phi) is 5.34. The lowest BCUT2D eigenvalue weighted by Gasteiger charge is -2.27. The van der Waals surface area contributed by atoms with Crippen molar-refractivity contribution in [2.45, 2.75) is 32.6 Å². The standard InChI is InChI=1S/C18H23ClN4/c1-14-13-17(20-10-9-15-5-7-16(19)8-6-15)22-18(21-14)23-11-3-2-4-12-23/h5-8,13H,2-4,9-12H2,1H3,(H,20,21,22). The molecule has 1 aromatic carbocycles. The fourth-order valence-corrected chi connectivity index (χ4v) is 2.99. The first kappa shape index (κ1) is 16.1. The normalized spacial score (nSPS) is 14.8. The quantitative estimate of drug-likeness (QED) is 0.896. The van der Waals surface area contributed by atoms with Crippen LogP contribution in [0.1, 0.15) is 30.5 Å². The monoisotopic (exact) mass is 330 g/mol. The Balaban J connectivity index is 1.60. The highest BCUT2D eigenvalue weighted by Gasteiger charge is 2.14. The molecule has 2 aromatic rings. The van der Waals surface area contributed by atoms with Gasteiger partial charge in [0.25, 0.3) is 0 Å². The summed E-state index contributed by atoms with van der Waals surface area (Å²) in [4.78, 5) is 11.6. The second kappa shape index (κ2) is 7.64. The summed E-state index contributed by atoms with van der Waals surface area (Å²) in [7, 11) is 0. The first-order valence-corrected chi connectivity index (χ1v) is 8.67. The van der Waals surface area contributed by atoms with E-state index in [4.69, 9.17) is 11.6 Å². The van der Waals surface area contributed by atoms with Crippen LogP contribution in [0.15, 0.2) is 30.3 Å². The molecule has 122 valence electrons. The van der Waals surface area contributed by atoms with Gasteiger partial charge in [-0.15, -0.1) is 0 Å². The molecule has 3 rings (SSSR count). The Morgan fingerprint density at radius 3 is 2.57 bits per heavy atom. The number of hydrogen-bond donors (Lipinski definition) is 1. The number of nitrogens with one attached hydrogen (secondary N) is 1. The van der Waals surface area contributed by atoms with Crippen LogP contribution in [-0.4, -0.2) is 29.6 Å². The Morgan fingerprint density at radius 1 is 1.09 bits per heavy atom. The number of aryl methyl sites for hydroxylation is 1. The molecule has 0 saturated carbocycles. The topological polar surface area (TPSA) is 41.1 Å². The largest absolute Gasteiger partial charge is 0.370 e. The van der Waals surface area contributed by atoms with Crippen molar-refractivity contribution in [2.24, 2.45) is 0 Å². The number of aromatic nitrogens is 2. The first-order valence-electron chi connectivity index (χ1n) is 8.30. The Hall–Kier alpha value is -1.81. The third-order valence-corrected chi connectivity index (χ3v) is 4.37. The van der Waals surface area contributed by atoms with Crippen LogP contribution < -0.4 is 10.2 Å². The first-order chi connectivity index (χ1) is 11.2. The van der Waals surface area contributed by atoms with Crippen molar-refractivity contribution in [3.63, 3.8) is 0 Å². The maximum atomic E-state index is 5.91. The van der Waals surface area contributed by atoms with Gasteiger partial charge in [-0.05, 0) is 50.3 Å². The lowest BCUT2D eigenvalue weighted by Crippen LogP contribution is -2.31. The molecule has 23 heavy (non-hydrogen) atoms. The van der Waals surface area contributed by atoms with E-state index in [1.54, 1.807) is 0 Å². The molecule has 0 atom stereocenters. The summed E-state index contributed by atoms with van der Waals surface area (Å²) < 4.78 is 0. The Labute approximate surface area is 142 Å². The third-order valence-electron chi connectivity index (χ3n) is 4.11. The van der Waals surface area contributed by atoms with Crippen LogP contribution in [0, 0.1) is 6.92 Å². The molecular formula is C18H23ClN4. The van der Waals surface area contributed by atoms with Crippen molar-refractivity contribution >= 4 is 23.4 Å². The molecule has 0 radical (unpaired) electrons. The third kappa shape index (κ3) is 4.58. The molecule has 4 nitrogen and oxygen atoms in total. The van der Waals surface area contributed by atoms with E-state index < -0.39 is 0 Å². The van der Waals surface area contributed by atoms with Gasteiger partial charge in [-0.2, -0.15) is 4.98 Å². The summed E-state index contributed by atoms with van der Waals surface area (Å²) in [6.45, 7) is 5.00. The SMILES string of the molecule is Cc1cc(NCCc2ccc(Cl)cc2)nc(N2CCCCC2)n1. The van der Waals surface area contributed by atoms with Crippen molar-refractivity contribution in [1.82, 2.24) is 9.97 Å². The van der Waals surface area contributed by atoms with Crippen molar-refractivity contribution < 1.29 is 0 Å². The van der Waals surface area contributed by atoms with Gasteiger partial charge in [0, 0.05) is 36.4 Å². The van der Waals surface area contributed by atoms with Gasteiger partial charge in [0.1, 0.15) is 5.82 Å². The molecule has 2 heterocycles. The summed E-state index contributed by atoms with van der Waals surface area (Å²) >= 11 is 5.91. The molecule has 1 aromatic heterocycles. The molecule has 1 N–H and O–H groups in total. The molecule has 0 unspecified atom stereocenters. The molecule has 0 bridgehead atoms. The summed E-state index contributed by atoms with van der Waals surface area (Å²) in [5.41, 5.74) is 2.28. The van der Waals surface area contributed by atoms with E-state index in [-0.39, 0.29) is 0 Å². The van der Waals surface area contributed by atoms with Gasteiger partial charge >= 0.3 is 0 Å². The average Bonchev–Trinajstić information content (AvgIpc) is 2.57. The number of benzene rings is 1. The van der Waals surface area contributed by atoms with Crippen molar-refractivity contribution in [2.75, 3.05) is 29.9 Å². The van der Waals surface area contributed by atoms with Gasteiger partial charge in [0.2, 0.25) is 5.95 Å². The second-order valence-electron chi connectivity index (χ2n) is 6.05. The van der Waals surface area contributed by atoms with E-state index in [2.05, 4.69) is 32.3 Å². The highest BCUT2D eigenvalue weighted by Crippen LogP contribution is 2.18. The van der Waals surface area contributed by atoms with Crippen molar-refractivity contribution in [3.8, 4) is 0 Å². The highest BCUT2D eigenvalue weighted by atomic mass is 35.5. The van der Waals surface area contributed by atoms with Gasteiger partial charge in [-0.25, -0.2) is 4.98 Å². The number of rotatable bonds is 5. The molecule has 1 aliphatic rings. The number of hydrogen-bond acceptors (Lipinski definition) is 4. The predicted octanol–water partition coefficient (Wildman–Crippen LogP) is 4.08. The molecule has 1 saturated heterocycles. The zero-order valence-electron chi connectivity index (χ0n) is 13.6. The lowest BCUT2D eigenvalue weighted by atomic mass is 10.1. The van der Waals surface area contributed by atoms with Gasteiger partial charge < -0.3 is 10.2 Å². The van der Waals surface area contributed by atoms with Crippen LogP contribution in [0.4, 0.5) is 11.8 Å². The van der Waals surface area contributed by atoms with E-state index >= 15 is 0 Å². The molecule has 5 heteroatoms. The smallest absolute Gasteiger partial charge is 0.227 e. The lowest BCUT2D eigenvalue weighted by molar-refractivity contribution is 0.568. The summed E-state index contributed by atoms with van der Waals surface area (Å²) in [6, 6.07) is 10.00. The summed E-state index contributed by atoms with van der Waals surface area (Å²) in [5, 5.41) is 4.19. The highest BCUT2D eigenvalue weighted by molar-refractivity contribution is 6.30. The van der Waals surface area contributed by atoms with Crippen LogP contribution in [-0.2, 0) is 6.42 Å². The van der Waals surface area contributed by atoms with E-state index in [0.29, 0.717) is 0 Å². The van der Waals surface area contributed by atoms with Gasteiger partial charge in [-0.3, -0.25) is 0 Å². The zero-order valence-corrected chi connectivity index (χ0v) is 14.3. The maximum Gasteiger partial charge on any atom is 0.227 e. The molecule has 0 spiro atoms. The Morgan fingerprint density at radius 2 is 1.83 bits per heavy atom.